The normalized spacial score (nSPS) is 11.5. The van der Waals surface area contributed by atoms with Gasteiger partial charge in [-0.3, -0.25) is 4.79 Å². The van der Waals surface area contributed by atoms with E-state index >= 15 is 0 Å². The second-order valence-corrected chi connectivity index (χ2v) is 7.61. The Hall–Kier alpha value is -3.74. The number of carboxylic acids is 1. The summed E-state index contributed by atoms with van der Waals surface area (Å²) in [4.78, 5) is 11.0. The summed E-state index contributed by atoms with van der Waals surface area (Å²) in [6, 6.07) is 15.6. The van der Waals surface area contributed by atoms with Crippen molar-refractivity contribution in [3.05, 3.63) is 94.6 Å². The predicted molar refractivity (Wildman–Crippen MR) is 120 cm³/mol. The van der Waals surface area contributed by atoms with Gasteiger partial charge in [-0.1, -0.05) is 30.3 Å². The third kappa shape index (κ3) is 7.14. The molecule has 172 valence electrons. The highest BCUT2D eigenvalue weighted by Gasteiger charge is 2.29. The van der Waals surface area contributed by atoms with Gasteiger partial charge in [-0.15, -0.1) is 0 Å². The van der Waals surface area contributed by atoms with Crippen molar-refractivity contribution in [3.8, 4) is 17.2 Å². The zero-order chi connectivity index (χ0) is 24.0. The second kappa shape index (κ2) is 10.3. The van der Waals surface area contributed by atoms with Crippen molar-refractivity contribution in [3.63, 3.8) is 0 Å². The predicted octanol–water partition coefficient (Wildman–Crippen LogP) is 6.83. The van der Waals surface area contributed by atoms with Gasteiger partial charge < -0.3 is 14.6 Å². The summed E-state index contributed by atoms with van der Waals surface area (Å²) in [6.45, 7) is 3.95. The van der Waals surface area contributed by atoms with Gasteiger partial charge in [0.1, 0.15) is 12.4 Å². The SMILES string of the molecule is Cc1cc(CC(=O)O)cc(Oc2ccc(C)cc2OCC=Cc2ccc(C(F)(F)F)cc2)c1. The number of carboxylic acid groups (broad SMARTS) is 1. The van der Waals surface area contributed by atoms with Gasteiger partial charge in [0.25, 0.3) is 0 Å². The Bertz CT molecular complexity index is 1150. The number of hydrogen-bond acceptors (Lipinski definition) is 3. The molecule has 0 saturated heterocycles. The number of aliphatic carboxylic acids is 1. The first-order valence-corrected chi connectivity index (χ1v) is 10.2. The van der Waals surface area contributed by atoms with Crippen LogP contribution < -0.4 is 9.47 Å². The molecule has 0 unspecified atom stereocenters. The number of carbonyl (C=O) groups is 1. The Morgan fingerprint density at radius 1 is 0.939 bits per heavy atom. The molecule has 0 aliphatic carbocycles. The molecule has 0 atom stereocenters. The van der Waals surface area contributed by atoms with Gasteiger partial charge in [0.15, 0.2) is 11.5 Å². The molecule has 0 spiro atoms. The minimum atomic E-state index is -4.36. The molecule has 3 aromatic rings. The fraction of sp³-hybridized carbons (Fsp3) is 0.192. The molecule has 0 aliphatic rings. The summed E-state index contributed by atoms with van der Waals surface area (Å²) >= 11 is 0. The Kier molecular flexibility index (Phi) is 7.43. The van der Waals surface area contributed by atoms with E-state index in [1.807, 2.05) is 26.0 Å². The van der Waals surface area contributed by atoms with Crippen molar-refractivity contribution >= 4 is 12.0 Å². The van der Waals surface area contributed by atoms with E-state index in [1.165, 1.54) is 12.1 Å². The lowest BCUT2D eigenvalue weighted by molar-refractivity contribution is -0.138. The largest absolute Gasteiger partial charge is 0.486 e. The Labute approximate surface area is 189 Å². The molecule has 0 amide bonds. The number of rotatable bonds is 8. The van der Waals surface area contributed by atoms with Gasteiger partial charge in [-0.25, -0.2) is 0 Å². The summed E-state index contributed by atoms with van der Waals surface area (Å²) in [5, 5.41) is 9.05. The molecule has 33 heavy (non-hydrogen) atoms. The number of benzene rings is 3. The molecule has 0 aromatic heterocycles. The monoisotopic (exact) mass is 456 g/mol. The molecule has 1 N–H and O–H groups in total. The number of alkyl halides is 3. The average molecular weight is 456 g/mol. The maximum Gasteiger partial charge on any atom is 0.416 e. The van der Waals surface area contributed by atoms with Crippen LogP contribution in [0, 0.1) is 13.8 Å². The van der Waals surface area contributed by atoms with E-state index in [0.29, 0.717) is 28.4 Å². The summed E-state index contributed by atoms with van der Waals surface area (Å²) in [7, 11) is 0. The molecule has 3 rings (SSSR count). The smallest absolute Gasteiger partial charge is 0.416 e. The minimum absolute atomic E-state index is 0.107. The quantitative estimate of drug-likeness (QED) is 0.404. The van der Waals surface area contributed by atoms with Crippen LogP contribution in [0.1, 0.15) is 27.8 Å². The fourth-order valence-electron chi connectivity index (χ4n) is 3.20. The van der Waals surface area contributed by atoms with Crippen LogP contribution in [-0.2, 0) is 17.4 Å². The summed E-state index contributed by atoms with van der Waals surface area (Å²) in [6.07, 6.45) is -1.09. The lowest BCUT2D eigenvalue weighted by Crippen LogP contribution is -2.04. The summed E-state index contributed by atoms with van der Waals surface area (Å²) in [5.74, 6) is 0.537. The van der Waals surface area contributed by atoms with E-state index < -0.39 is 17.7 Å². The molecular weight excluding hydrogens is 433 g/mol. The van der Waals surface area contributed by atoms with Crippen molar-refractivity contribution in [2.75, 3.05) is 6.61 Å². The van der Waals surface area contributed by atoms with Gasteiger partial charge in [0, 0.05) is 0 Å². The third-order valence-corrected chi connectivity index (χ3v) is 4.68. The molecule has 0 aliphatic heterocycles. The number of ether oxygens (including phenoxy) is 2. The van der Waals surface area contributed by atoms with Gasteiger partial charge in [0.05, 0.1) is 12.0 Å². The van der Waals surface area contributed by atoms with Crippen molar-refractivity contribution in [1.29, 1.82) is 0 Å². The number of halogens is 3. The molecular formula is C26H23F3O4. The molecule has 4 nitrogen and oxygen atoms in total. The van der Waals surface area contributed by atoms with E-state index in [-0.39, 0.29) is 13.0 Å². The van der Waals surface area contributed by atoms with Gasteiger partial charge in [-0.05, 0) is 78.6 Å². The van der Waals surface area contributed by atoms with E-state index in [1.54, 1.807) is 36.4 Å². The first-order valence-electron chi connectivity index (χ1n) is 10.2. The molecule has 0 saturated carbocycles. The van der Waals surface area contributed by atoms with Crippen LogP contribution in [0.3, 0.4) is 0 Å². The first kappa shape index (κ1) is 23.9. The lowest BCUT2D eigenvalue weighted by Gasteiger charge is -2.14. The van der Waals surface area contributed by atoms with Crippen LogP contribution in [-0.4, -0.2) is 17.7 Å². The topological polar surface area (TPSA) is 55.8 Å². The molecule has 0 fully saturated rings. The van der Waals surface area contributed by atoms with Gasteiger partial charge in [-0.2, -0.15) is 13.2 Å². The molecule has 7 heteroatoms. The van der Waals surface area contributed by atoms with Crippen LogP contribution >= 0.6 is 0 Å². The molecule has 0 bridgehead atoms. The standard InChI is InChI=1S/C26H23F3O4/c1-17-5-10-23(33-22-13-18(2)12-20(15-22)16-25(30)31)24(14-17)32-11-3-4-19-6-8-21(9-7-19)26(27,28)29/h3-10,12-15H,11,16H2,1-2H3,(H,30,31). The van der Waals surface area contributed by atoms with Crippen LogP contribution in [0.15, 0.2) is 66.7 Å². The highest BCUT2D eigenvalue weighted by molar-refractivity contribution is 5.70. The molecule has 3 aromatic carbocycles. The first-order chi connectivity index (χ1) is 15.6. The second-order valence-electron chi connectivity index (χ2n) is 7.61. The average Bonchev–Trinajstić information content (AvgIpc) is 2.72. The van der Waals surface area contributed by atoms with Crippen molar-refractivity contribution in [1.82, 2.24) is 0 Å². The van der Waals surface area contributed by atoms with Gasteiger partial charge in [0.2, 0.25) is 0 Å². The van der Waals surface area contributed by atoms with Crippen LogP contribution in [0.2, 0.25) is 0 Å². The van der Waals surface area contributed by atoms with E-state index in [0.717, 1.165) is 23.3 Å². The minimum Gasteiger partial charge on any atom is -0.486 e. The summed E-state index contributed by atoms with van der Waals surface area (Å²) < 4.78 is 49.8. The third-order valence-electron chi connectivity index (χ3n) is 4.68. The maximum absolute atomic E-state index is 12.7. The van der Waals surface area contributed by atoms with Crippen molar-refractivity contribution < 1.29 is 32.5 Å². The highest BCUT2D eigenvalue weighted by Crippen LogP contribution is 2.33. The molecule has 0 heterocycles. The maximum atomic E-state index is 12.7. The van der Waals surface area contributed by atoms with E-state index in [9.17, 15) is 18.0 Å². The Morgan fingerprint density at radius 2 is 1.67 bits per heavy atom. The Morgan fingerprint density at radius 3 is 2.33 bits per heavy atom. The zero-order valence-corrected chi connectivity index (χ0v) is 18.1. The Balaban J connectivity index is 1.70. The fourth-order valence-corrected chi connectivity index (χ4v) is 3.20. The number of aryl methyl sites for hydroxylation is 2. The van der Waals surface area contributed by atoms with Crippen LogP contribution in [0.4, 0.5) is 13.2 Å². The van der Waals surface area contributed by atoms with Gasteiger partial charge >= 0.3 is 12.1 Å². The number of hydrogen-bond donors (Lipinski definition) is 1. The van der Waals surface area contributed by atoms with Crippen molar-refractivity contribution in [2.24, 2.45) is 0 Å². The van der Waals surface area contributed by atoms with Crippen LogP contribution in [0.5, 0.6) is 17.2 Å². The van der Waals surface area contributed by atoms with E-state index in [2.05, 4.69) is 0 Å². The highest BCUT2D eigenvalue weighted by atomic mass is 19.4. The van der Waals surface area contributed by atoms with Crippen LogP contribution in [0.25, 0.3) is 6.08 Å². The lowest BCUT2D eigenvalue weighted by atomic mass is 10.1. The summed E-state index contributed by atoms with van der Waals surface area (Å²) in [5.41, 5.74) is 2.39. The zero-order valence-electron chi connectivity index (χ0n) is 18.1. The molecule has 0 radical (unpaired) electrons. The van der Waals surface area contributed by atoms with E-state index in [4.69, 9.17) is 14.6 Å². The van der Waals surface area contributed by atoms with Crippen molar-refractivity contribution in [2.45, 2.75) is 26.4 Å².